The molecule has 2 unspecified atom stereocenters. The van der Waals surface area contributed by atoms with Crippen LogP contribution < -0.4 is 5.32 Å². The zero-order valence-electron chi connectivity index (χ0n) is 10.6. The van der Waals surface area contributed by atoms with Gasteiger partial charge in [-0.25, -0.2) is 0 Å². The van der Waals surface area contributed by atoms with Crippen molar-refractivity contribution in [2.75, 3.05) is 5.32 Å². The number of anilines is 1. The van der Waals surface area contributed by atoms with Gasteiger partial charge in [0.05, 0.1) is 6.54 Å². The highest BCUT2D eigenvalue weighted by Gasteiger charge is 2.36. The molecule has 0 spiro atoms. The lowest BCUT2D eigenvalue weighted by Crippen LogP contribution is -1.98. The van der Waals surface area contributed by atoms with E-state index >= 15 is 0 Å². The van der Waals surface area contributed by atoms with Crippen molar-refractivity contribution in [3.63, 3.8) is 0 Å². The third-order valence-corrected chi connectivity index (χ3v) is 4.69. The third-order valence-electron chi connectivity index (χ3n) is 3.54. The fourth-order valence-corrected chi connectivity index (χ4v) is 3.41. The van der Waals surface area contributed by atoms with E-state index in [1.165, 1.54) is 6.42 Å². The van der Waals surface area contributed by atoms with Gasteiger partial charge in [-0.1, -0.05) is 22.9 Å². The van der Waals surface area contributed by atoms with E-state index in [0.717, 1.165) is 32.1 Å². The summed E-state index contributed by atoms with van der Waals surface area (Å²) in [4.78, 5) is 0. The summed E-state index contributed by atoms with van der Waals surface area (Å²) < 4.78 is 7.98. The van der Waals surface area contributed by atoms with E-state index in [1.54, 1.807) is 0 Å². The molecule has 0 saturated heterocycles. The highest BCUT2D eigenvalue weighted by Crippen LogP contribution is 2.47. The largest absolute Gasteiger partial charge is 0.464 e. The normalized spacial score (nSPS) is 21.4. The molecule has 1 aliphatic rings. The summed E-state index contributed by atoms with van der Waals surface area (Å²) in [5.41, 5.74) is 1.07. The second-order valence-corrected chi connectivity index (χ2v) is 6.87. The average Bonchev–Trinajstić information content (AvgIpc) is 2.91. The lowest BCUT2D eigenvalue weighted by Gasteiger charge is -2.07. The van der Waals surface area contributed by atoms with Crippen LogP contribution in [0.25, 0.3) is 0 Å². The number of nitrogens with one attached hydrogen (secondary N) is 1. The van der Waals surface area contributed by atoms with E-state index < -0.39 is 0 Å². The fourth-order valence-electron chi connectivity index (χ4n) is 2.22. The van der Waals surface area contributed by atoms with Gasteiger partial charge >= 0.3 is 0 Å². The van der Waals surface area contributed by atoms with Gasteiger partial charge in [-0.2, -0.15) is 0 Å². The molecule has 2 nitrogen and oxygen atoms in total. The predicted molar refractivity (Wildman–Crippen MR) is 84.4 cm³/mol. The van der Waals surface area contributed by atoms with Gasteiger partial charge in [0.15, 0.2) is 0 Å². The van der Waals surface area contributed by atoms with Crippen molar-refractivity contribution < 1.29 is 4.42 Å². The minimum absolute atomic E-state index is 0.646. The van der Waals surface area contributed by atoms with Crippen molar-refractivity contribution in [2.45, 2.75) is 25.8 Å². The summed E-state index contributed by atoms with van der Waals surface area (Å²) in [5, 5.41) is 3.38. The molecule has 1 aliphatic carbocycles. The number of rotatable bonds is 4. The van der Waals surface area contributed by atoms with Crippen LogP contribution in [0.1, 0.15) is 30.8 Å². The monoisotopic (exact) mass is 383 g/mol. The van der Waals surface area contributed by atoms with Gasteiger partial charge in [-0.15, -0.1) is 0 Å². The molecular formula is C15H15Br2NO. The van der Waals surface area contributed by atoms with Gasteiger partial charge < -0.3 is 9.73 Å². The van der Waals surface area contributed by atoms with E-state index in [9.17, 15) is 0 Å². The molecule has 1 heterocycles. The summed E-state index contributed by atoms with van der Waals surface area (Å²) in [7, 11) is 0. The number of halogens is 2. The molecule has 1 aromatic heterocycles. The molecule has 4 heteroatoms. The Balaban J connectivity index is 1.64. The first-order chi connectivity index (χ1) is 9.13. The summed E-state index contributed by atoms with van der Waals surface area (Å²) in [6.45, 7) is 2.98. The highest BCUT2D eigenvalue weighted by atomic mass is 79.9. The van der Waals surface area contributed by atoms with Gasteiger partial charge in [-0.3, -0.25) is 0 Å². The smallest absolute Gasteiger partial charge is 0.123 e. The zero-order valence-corrected chi connectivity index (χ0v) is 13.8. The van der Waals surface area contributed by atoms with Crippen LogP contribution in [0.3, 0.4) is 0 Å². The highest BCUT2D eigenvalue weighted by molar-refractivity contribution is 9.11. The molecule has 0 aliphatic heterocycles. The zero-order chi connectivity index (χ0) is 13.4. The lowest BCUT2D eigenvalue weighted by atomic mass is 10.3. The predicted octanol–water partition coefficient (Wildman–Crippen LogP) is 5.54. The summed E-state index contributed by atoms with van der Waals surface area (Å²) in [6, 6.07) is 10.3. The van der Waals surface area contributed by atoms with Crippen LogP contribution in [0.4, 0.5) is 5.69 Å². The van der Waals surface area contributed by atoms with Crippen LogP contribution in [-0.2, 0) is 6.54 Å². The van der Waals surface area contributed by atoms with Crippen molar-refractivity contribution in [1.29, 1.82) is 0 Å². The maximum Gasteiger partial charge on any atom is 0.123 e. The molecule has 19 heavy (non-hydrogen) atoms. The van der Waals surface area contributed by atoms with Crippen LogP contribution >= 0.6 is 31.9 Å². The fraction of sp³-hybridized carbons (Fsp3) is 0.333. The van der Waals surface area contributed by atoms with Crippen LogP contribution in [0, 0.1) is 5.92 Å². The van der Waals surface area contributed by atoms with Crippen molar-refractivity contribution >= 4 is 37.5 Å². The van der Waals surface area contributed by atoms with Gasteiger partial charge in [0, 0.05) is 20.6 Å². The Labute approximate surface area is 129 Å². The van der Waals surface area contributed by atoms with Crippen LogP contribution in [-0.4, -0.2) is 0 Å². The van der Waals surface area contributed by atoms with E-state index in [0.29, 0.717) is 12.5 Å². The number of furan rings is 1. The molecule has 0 radical (unpaired) electrons. The van der Waals surface area contributed by atoms with E-state index in [4.69, 9.17) is 4.42 Å². The first kappa shape index (κ1) is 13.3. The molecule has 100 valence electrons. The molecule has 2 aromatic rings. The van der Waals surface area contributed by atoms with Crippen LogP contribution in [0.5, 0.6) is 0 Å². The molecule has 3 rings (SSSR count). The molecule has 1 saturated carbocycles. The molecular weight excluding hydrogens is 370 g/mol. The Morgan fingerprint density at radius 1 is 1.26 bits per heavy atom. The lowest BCUT2D eigenvalue weighted by molar-refractivity contribution is 0.468. The summed E-state index contributed by atoms with van der Waals surface area (Å²) in [5.74, 6) is 3.56. The molecule has 2 atom stereocenters. The third kappa shape index (κ3) is 3.06. The number of benzene rings is 1. The van der Waals surface area contributed by atoms with Crippen LogP contribution in [0.15, 0.2) is 43.7 Å². The minimum Gasteiger partial charge on any atom is -0.464 e. The summed E-state index contributed by atoms with van der Waals surface area (Å²) in [6.07, 6.45) is 1.26. The second kappa shape index (κ2) is 5.33. The Bertz CT molecular complexity index is 594. The first-order valence-electron chi connectivity index (χ1n) is 6.41. The second-order valence-electron chi connectivity index (χ2n) is 5.10. The summed E-state index contributed by atoms with van der Waals surface area (Å²) >= 11 is 6.99. The Morgan fingerprint density at radius 3 is 2.74 bits per heavy atom. The molecule has 1 aromatic carbocycles. The van der Waals surface area contributed by atoms with Gasteiger partial charge in [0.2, 0.25) is 0 Å². The SMILES string of the molecule is CC1CC1c1ccc(CNc2ccc(Br)cc2Br)o1. The Morgan fingerprint density at radius 2 is 2.05 bits per heavy atom. The Hall–Kier alpha value is -0.740. The topological polar surface area (TPSA) is 25.2 Å². The van der Waals surface area contributed by atoms with E-state index in [-0.39, 0.29) is 0 Å². The maximum absolute atomic E-state index is 5.88. The van der Waals surface area contributed by atoms with Crippen molar-refractivity contribution in [1.82, 2.24) is 0 Å². The van der Waals surface area contributed by atoms with Gasteiger partial charge in [-0.05, 0) is 58.6 Å². The van der Waals surface area contributed by atoms with Crippen molar-refractivity contribution in [3.05, 3.63) is 50.8 Å². The van der Waals surface area contributed by atoms with Crippen LogP contribution in [0.2, 0.25) is 0 Å². The molecule has 1 fully saturated rings. The number of hydrogen-bond acceptors (Lipinski definition) is 2. The first-order valence-corrected chi connectivity index (χ1v) is 7.99. The Kier molecular flexibility index (Phi) is 3.72. The minimum atomic E-state index is 0.646. The van der Waals surface area contributed by atoms with Gasteiger partial charge in [0.1, 0.15) is 11.5 Å². The molecule has 1 N–H and O–H groups in total. The van der Waals surface area contributed by atoms with E-state index in [1.807, 2.05) is 18.2 Å². The van der Waals surface area contributed by atoms with E-state index in [2.05, 4.69) is 56.2 Å². The molecule has 0 bridgehead atoms. The van der Waals surface area contributed by atoms with Crippen molar-refractivity contribution in [3.8, 4) is 0 Å². The average molecular weight is 385 g/mol. The standard InChI is InChI=1S/C15H15Br2NO/c1-9-6-12(9)15-5-3-11(19-15)8-18-14-4-2-10(16)7-13(14)17/h2-5,7,9,12,18H,6,8H2,1H3. The molecule has 0 amide bonds. The number of hydrogen-bond donors (Lipinski definition) is 1. The van der Waals surface area contributed by atoms with Gasteiger partial charge in [0.25, 0.3) is 0 Å². The van der Waals surface area contributed by atoms with Crippen molar-refractivity contribution in [2.24, 2.45) is 5.92 Å². The maximum atomic E-state index is 5.88. The quantitative estimate of drug-likeness (QED) is 0.748.